The molecule has 0 spiro atoms. The maximum absolute atomic E-state index is 12.7. The van der Waals surface area contributed by atoms with Gasteiger partial charge in [-0.3, -0.25) is 19.3 Å². The molecule has 0 aliphatic carbocycles. The summed E-state index contributed by atoms with van der Waals surface area (Å²) in [7, 11) is 0. The Balaban J connectivity index is 1.45. The summed E-state index contributed by atoms with van der Waals surface area (Å²) < 4.78 is 4.92. The summed E-state index contributed by atoms with van der Waals surface area (Å²) in [6.45, 7) is 0.917. The van der Waals surface area contributed by atoms with Gasteiger partial charge in [0.1, 0.15) is 12.1 Å². The van der Waals surface area contributed by atoms with Crippen molar-refractivity contribution in [2.75, 3.05) is 13.2 Å². The number of hydrogen-bond donors (Lipinski definition) is 2. The number of esters is 1. The summed E-state index contributed by atoms with van der Waals surface area (Å²) >= 11 is 0. The number of nitrogens with zero attached hydrogens (tertiary/aromatic N) is 1. The van der Waals surface area contributed by atoms with Crippen molar-refractivity contribution in [3.8, 4) is 0 Å². The SMILES string of the molecule is C[C@]1(CCc2ccccc2)NC(=O)N(CC(=O)OCC(=O)NCc2ccccc2)C1=O. The van der Waals surface area contributed by atoms with E-state index in [2.05, 4.69) is 10.6 Å². The van der Waals surface area contributed by atoms with Crippen LogP contribution in [0.2, 0.25) is 0 Å². The van der Waals surface area contributed by atoms with Crippen molar-refractivity contribution in [3.63, 3.8) is 0 Å². The molecule has 1 fully saturated rings. The monoisotopic (exact) mass is 423 g/mol. The predicted octanol–water partition coefficient (Wildman–Crippen LogP) is 1.79. The van der Waals surface area contributed by atoms with Crippen LogP contribution in [-0.2, 0) is 32.1 Å². The fraction of sp³-hybridized carbons (Fsp3) is 0.304. The molecule has 1 aliphatic rings. The van der Waals surface area contributed by atoms with Crippen molar-refractivity contribution < 1.29 is 23.9 Å². The topological polar surface area (TPSA) is 105 Å². The minimum absolute atomic E-state index is 0.310. The van der Waals surface area contributed by atoms with Crippen molar-refractivity contribution in [1.29, 1.82) is 0 Å². The molecule has 3 rings (SSSR count). The molecule has 0 bridgehead atoms. The first-order chi connectivity index (χ1) is 14.9. The van der Waals surface area contributed by atoms with E-state index >= 15 is 0 Å². The first kappa shape index (κ1) is 22.0. The van der Waals surface area contributed by atoms with Crippen molar-refractivity contribution in [1.82, 2.24) is 15.5 Å². The van der Waals surface area contributed by atoms with E-state index in [4.69, 9.17) is 4.74 Å². The molecule has 0 radical (unpaired) electrons. The Morgan fingerprint density at radius 3 is 2.26 bits per heavy atom. The number of amides is 4. The Morgan fingerprint density at radius 1 is 1.00 bits per heavy atom. The highest BCUT2D eigenvalue weighted by molar-refractivity contribution is 6.08. The van der Waals surface area contributed by atoms with E-state index in [1.807, 2.05) is 60.7 Å². The van der Waals surface area contributed by atoms with Gasteiger partial charge in [-0.2, -0.15) is 0 Å². The molecule has 8 heteroatoms. The second-order valence-corrected chi connectivity index (χ2v) is 7.56. The van der Waals surface area contributed by atoms with Gasteiger partial charge in [0.15, 0.2) is 6.61 Å². The number of hydrogen-bond acceptors (Lipinski definition) is 5. The molecule has 1 aliphatic heterocycles. The maximum Gasteiger partial charge on any atom is 0.326 e. The lowest BCUT2D eigenvalue weighted by atomic mass is 9.93. The second-order valence-electron chi connectivity index (χ2n) is 7.56. The number of aryl methyl sites for hydroxylation is 1. The van der Waals surface area contributed by atoms with Crippen LogP contribution in [0.25, 0.3) is 0 Å². The lowest BCUT2D eigenvalue weighted by Gasteiger charge is -2.21. The summed E-state index contributed by atoms with van der Waals surface area (Å²) in [4.78, 5) is 49.8. The van der Waals surface area contributed by atoms with Crippen LogP contribution in [0.3, 0.4) is 0 Å². The van der Waals surface area contributed by atoms with Gasteiger partial charge in [-0.15, -0.1) is 0 Å². The van der Waals surface area contributed by atoms with E-state index in [0.717, 1.165) is 16.0 Å². The molecule has 4 amide bonds. The Morgan fingerprint density at radius 2 is 1.61 bits per heavy atom. The summed E-state index contributed by atoms with van der Waals surface area (Å²) in [6, 6.07) is 18.3. The van der Waals surface area contributed by atoms with E-state index in [0.29, 0.717) is 19.4 Å². The lowest BCUT2D eigenvalue weighted by molar-refractivity contribution is -0.151. The molecule has 2 aromatic rings. The molecule has 162 valence electrons. The minimum atomic E-state index is -1.10. The van der Waals surface area contributed by atoms with Crippen LogP contribution in [0.4, 0.5) is 4.79 Å². The van der Waals surface area contributed by atoms with E-state index in [1.165, 1.54) is 0 Å². The molecule has 1 saturated heterocycles. The number of urea groups is 1. The molecular formula is C23H25N3O5. The van der Waals surface area contributed by atoms with Gasteiger partial charge in [0.25, 0.3) is 11.8 Å². The van der Waals surface area contributed by atoms with Crippen molar-refractivity contribution in [2.24, 2.45) is 0 Å². The van der Waals surface area contributed by atoms with Crippen LogP contribution < -0.4 is 10.6 Å². The zero-order chi connectivity index (χ0) is 22.3. The van der Waals surface area contributed by atoms with Crippen LogP contribution in [0.1, 0.15) is 24.5 Å². The van der Waals surface area contributed by atoms with Crippen LogP contribution in [-0.4, -0.2) is 47.4 Å². The molecule has 2 aromatic carbocycles. The van der Waals surface area contributed by atoms with Gasteiger partial charge < -0.3 is 15.4 Å². The zero-order valence-corrected chi connectivity index (χ0v) is 17.3. The van der Waals surface area contributed by atoms with E-state index in [1.54, 1.807) is 6.92 Å². The van der Waals surface area contributed by atoms with Crippen molar-refractivity contribution in [2.45, 2.75) is 31.8 Å². The quantitative estimate of drug-likeness (QED) is 0.473. The third-order valence-electron chi connectivity index (χ3n) is 5.09. The predicted molar refractivity (Wildman–Crippen MR) is 113 cm³/mol. The van der Waals surface area contributed by atoms with Crippen LogP contribution >= 0.6 is 0 Å². The van der Waals surface area contributed by atoms with Gasteiger partial charge in [-0.25, -0.2) is 4.79 Å². The second kappa shape index (κ2) is 9.88. The average Bonchev–Trinajstić information content (AvgIpc) is 2.99. The number of imide groups is 1. The molecule has 0 saturated carbocycles. The number of benzene rings is 2. The fourth-order valence-corrected chi connectivity index (χ4v) is 3.27. The molecular weight excluding hydrogens is 398 g/mol. The molecule has 1 atom stereocenters. The molecule has 2 N–H and O–H groups in total. The molecule has 0 unspecified atom stereocenters. The van der Waals surface area contributed by atoms with Gasteiger partial charge in [0.2, 0.25) is 0 Å². The number of rotatable bonds is 9. The number of nitrogens with one attached hydrogen (secondary N) is 2. The standard InChI is InChI=1S/C23H25N3O5/c1-23(13-12-17-8-4-2-5-9-17)21(29)26(22(30)25-23)15-20(28)31-16-19(27)24-14-18-10-6-3-7-11-18/h2-11H,12-16H2,1H3,(H,24,27)(H,25,30)/t23-/m1/s1. The summed E-state index contributed by atoms with van der Waals surface area (Å²) in [5.74, 6) is -1.79. The molecule has 8 nitrogen and oxygen atoms in total. The zero-order valence-electron chi connectivity index (χ0n) is 17.3. The first-order valence-corrected chi connectivity index (χ1v) is 10.0. The normalized spacial score (nSPS) is 17.9. The molecule has 0 aromatic heterocycles. The highest BCUT2D eigenvalue weighted by Crippen LogP contribution is 2.23. The highest BCUT2D eigenvalue weighted by atomic mass is 16.5. The number of carbonyl (C=O) groups excluding carboxylic acids is 4. The largest absolute Gasteiger partial charge is 0.454 e. The number of ether oxygens (including phenoxy) is 1. The Kier molecular flexibility index (Phi) is 7.02. The van der Waals surface area contributed by atoms with Gasteiger partial charge in [-0.05, 0) is 30.9 Å². The van der Waals surface area contributed by atoms with Gasteiger partial charge in [0.05, 0.1) is 0 Å². The van der Waals surface area contributed by atoms with E-state index < -0.39 is 42.5 Å². The van der Waals surface area contributed by atoms with Gasteiger partial charge >= 0.3 is 12.0 Å². The Labute approximate surface area is 180 Å². The first-order valence-electron chi connectivity index (χ1n) is 10.0. The van der Waals surface area contributed by atoms with Gasteiger partial charge in [0, 0.05) is 6.54 Å². The van der Waals surface area contributed by atoms with Gasteiger partial charge in [-0.1, -0.05) is 60.7 Å². The smallest absolute Gasteiger partial charge is 0.326 e. The minimum Gasteiger partial charge on any atom is -0.454 e. The third-order valence-corrected chi connectivity index (χ3v) is 5.09. The summed E-state index contributed by atoms with van der Waals surface area (Å²) in [6.07, 6.45) is 0.998. The van der Waals surface area contributed by atoms with E-state index in [-0.39, 0.29) is 0 Å². The average molecular weight is 423 g/mol. The Hall–Kier alpha value is -3.68. The van der Waals surface area contributed by atoms with Crippen molar-refractivity contribution >= 4 is 23.8 Å². The molecule has 1 heterocycles. The lowest BCUT2D eigenvalue weighted by Crippen LogP contribution is -2.44. The maximum atomic E-state index is 12.7. The van der Waals surface area contributed by atoms with Crippen molar-refractivity contribution in [3.05, 3.63) is 71.8 Å². The fourth-order valence-electron chi connectivity index (χ4n) is 3.27. The van der Waals surface area contributed by atoms with Crippen LogP contribution in [0.15, 0.2) is 60.7 Å². The number of carbonyl (C=O) groups is 4. The van der Waals surface area contributed by atoms with E-state index in [9.17, 15) is 19.2 Å². The summed E-state index contributed by atoms with van der Waals surface area (Å²) in [5, 5.41) is 5.29. The third kappa shape index (κ3) is 5.91. The Bertz CT molecular complexity index is 948. The van der Waals surface area contributed by atoms with Crippen LogP contribution in [0, 0.1) is 0 Å². The molecule has 31 heavy (non-hydrogen) atoms. The van der Waals surface area contributed by atoms with Crippen LogP contribution in [0.5, 0.6) is 0 Å². The summed E-state index contributed by atoms with van der Waals surface area (Å²) in [5.41, 5.74) is 0.863. The highest BCUT2D eigenvalue weighted by Gasteiger charge is 2.48.